The van der Waals surface area contributed by atoms with Crippen molar-refractivity contribution >= 4 is 5.91 Å². The van der Waals surface area contributed by atoms with Crippen molar-refractivity contribution in [3.8, 4) is 0 Å². The molecule has 110 valence electrons. The smallest absolute Gasteiger partial charge is 0.238 e. The summed E-state index contributed by atoms with van der Waals surface area (Å²) in [5.41, 5.74) is 7.55. The van der Waals surface area contributed by atoms with Crippen LogP contribution in [0.4, 0.5) is 0 Å². The molecule has 0 aromatic heterocycles. The summed E-state index contributed by atoms with van der Waals surface area (Å²) in [5, 5.41) is 3.04. The van der Waals surface area contributed by atoms with Crippen LogP contribution in [0.1, 0.15) is 44.6 Å². The number of amides is 1. The summed E-state index contributed by atoms with van der Waals surface area (Å²) in [6.07, 6.45) is 3.12. The Morgan fingerprint density at radius 3 is 2.80 bits per heavy atom. The molecular formula is C16H25N3O. The maximum atomic E-state index is 12.1. The highest BCUT2D eigenvalue weighted by molar-refractivity contribution is 5.82. The molecule has 0 spiro atoms. The molecule has 3 unspecified atom stereocenters. The Morgan fingerprint density at radius 1 is 1.35 bits per heavy atom. The molecule has 0 saturated carbocycles. The molecule has 0 radical (unpaired) electrons. The number of carbonyl (C=O) groups is 1. The molecule has 0 bridgehead atoms. The van der Waals surface area contributed by atoms with E-state index in [0.29, 0.717) is 18.5 Å². The molecule has 3 atom stereocenters. The summed E-state index contributed by atoms with van der Waals surface area (Å²) in [6, 6.07) is 10.6. The second-order valence-electron chi connectivity index (χ2n) is 5.62. The summed E-state index contributed by atoms with van der Waals surface area (Å²) < 4.78 is 0. The molecule has 3 N–H and O–H groups in total. The van der Waals surface area contributed by atoms with E-state index in [2.05, 4.69) is 42.1 Å². The first-order valence-corrected chi connectivity index (χ1v) is 7.54. The van der Waals surface area contributed by atoms with E-state index in [0.717, 1.165) is 19.3 Å². The molecule has 0 aliphatic carbocycles. The van der Waals surface area contributed by atoms with Gasteiger partial charge < -0.3 is 5.32 Å². The lowest BCUT2D eigenvalue weighted by Gasteiger charge is -2.15. The van der Waals surface area contributed by atoms with Crippen LogP contribution in [-0.2, 0) is 4.79 Å². The monoisotopic (exact) mass is 275 g/mol. The minimum atomic E-state index is -0.102. The molecule has 2 rings (SSSR count). The van der Waals surface area contributed by atoms with E-state index in [1.165, 1.54) is 5.56 Å². The van der Waals surface area contributed by atoms with Gasteiger partial charge >= 0.3 is 0 Å². The van der Waals surface area contributed by atoms with Crippen molar-refractivity contribution in [1.29, 1.82) is 0 Å². The lowest BCUT2D eigenvalue weighted by atomic mass is 10.0. The van der Waals surface area contributed by atoms with Gasteiger partial charge in [-0.2, -0.15) is 0 Å². The number of hydrazine groups is 1. The second kappa shape index (κ2) is 7.41. The van der Waals surface area contributed by atoms with Crippen LogP contribution in [-0.4, -0.2) is 24.5 Å². The molecule has 1 fully saturated rings. The van der Waals surface area contributed by atoms with Crippen LogP contribution in [0.5, 0.6) is 0 Å². The van der Waals surface area contributed by atoms with Gasteiger partial charge in [0.15, 0.2) is 0 Å². The zero-order valence-electron chi connectivity index (χ0n) is 12.4. The third-order valence-electron chi connectivity index (χ3n) is 3.89. The van der Waals surface area contributed by atoms with Crippen LogP contribution in [0.15, 0.2) is 30.3 Å². The highest BCUT2D eigenvalue weighted by atomic mass is 16.2. The molecule has 4 heteroatoms. The standard InChI is InChI=1S/C16H25N3O/c1-3-7-14-10-15(19-18-14)16(20)17-11-12(2)13-8-5-4-6-9-13/h4-6,8-9,12,14-15,18-19H,3,7,10-11H2,1-2H3,(H,17,20). The first-order valence-electron chi connectivity index (χ1n) is 7.54. The van der Waals surface area contributed by atoms with E-state index in [1.54, 1.807) is 0 Å². The Balaban J connectivity index is 1.75. The molecule has 1 aliphatic heterocycles. The molecule has 1 amide bonds. The van der Waals surface area contributed by atoms with E-state index in [9.17, 15) is 4.79 Å². The first kappa shape index (κ1) is 15.0. The molecule has 1 aromatic rings. The third-order valence-corrected chi connectivity index (χ3v) is 3.89. The molecule has 1 heterocycles. The van der Waals surface area contributed by atoms with E-state index >= 15 is 0 Å². The van der Waals surface area contributed by atoms with Crippen molar-refractivity contribution in [1.82, 2.24) is 16.2 Å². The van der Waals surface area contributed by atoms with Crippen molar-refractivity contribution in [2.75, 3.05) is 6.54 Å². The van der Waals surface area contributed by atoms with Gasteiger partial charge in [-0.05, 0) is 24.3 Å². The van der Waals surface area contributed by atoms with Crippen molar-refractivity contribution in [3.05, 3.63) is 35.9 Å². The fourth-order valence-electron chi connectivity index (χ4n) is 2.61. The molecule has 20 heavy (non-hydrogen) atoms. The predicted molar refractivity (Wildman–Crippen MR) is 81.2 cm³/mol. The number of hydrogen-bond donors (Lipinski definition) is 3. The Morgan fingerprint density at radius 2 is 2.10 bits per heavy atom. The van der Waals surface area contributed by atoms with E-state index in [-0.39, 0.29) is 11.9 Å². The van der Waals surface area contributed by atoms with Gasteiger partial charge in [-0.25, -0.2) is 5.43 Å². The number of nitrogens with one attached hydrogen (secondary N) is 3. The normalized spacial score (nSPS) is 23.5. The Bertz CT molecular complexity index is 421. The minimum Gasteiger partial charge on any atom is -0.354 e. The van der Waals surface area contributed by atoms with Gasteiger partial charge in [-0.3, -0.25) is 10.2 Å². The largest absolute Gasteiger partial charge is 0.354 e. The van der Waals surface area contributed by atoms with Crippen LogP contribution in [0.3, 0.4) is 0 Å². The maximum Gasteiger partial charge on any atom is 0.238 e. The van der Waals surface area contributed by atoms with Crippen LogP contribution in [0.25, 0.3) is 0 Å². The van der Waals surface area contributed by atoms with Gasteiger partial charge in [0.2, 0.25) is 5.91 Å². The number of benzene rings is 1. The average molecular weight is 275 g/mol. The van der Waals surface area contributed by atoms with Crippen LogP contribution in [0.2, 0.25) is 0 Å². The first-order chi connectivity index (χ1) is 9.70. The Hall–Kier alpha value is -1.39. The van der Waals surface area contributed by atoms with E-state index < -0.39 is 0 Å². The van der Waals surface area contributed by atoms with Gasteiger partial charge in [-0.15, -0.1) is 0 Å². The van der Waals surface area contributed by atoms with Crippen LogP contribution < -0.4 is 16.2 Å². The Labute approximate surface area is 121 Å². The molecule has 4 nitrogen and oxygen atoms in total. The molecule has 1 aromatic carbocycles. The van der Waals surface area contributed by atoms with Crippen molar-refractivity contribution in [2.45, 2.75) is 51.1 Å². The van der Waals surface area contributed by atoms with E-state index in [4.69, 9.17) is 0 Å². The van der Waals surface area contributed by atoms with Gasteiger partial charge in [-0.1, -0.05) is 50.6 Å². The quantitative estimate of drug-likeness (QED) is 0.744. The van der Waals surface area contributed by atoms with Gasteiger partial charge in [0.25, 0.3) is 0 Å². The summed E-state index contributed by atoms with van der Waals surface area (Å²) in [4.78, 5) is 12.1. The summed E-state index contributed by atoms with van der Waals surface area (Å²) in [7, 11) is 0. The van der Waals surface area contributed by atoms with Crippen LogP contribution in [0, 0.1) is 0 Å². The van der Waals surface area contributed by atoms with Crippen molar-refractivity contribution in [3.63, 3.8) is 0 Å². The maximum absolute atomic E-state index is 12.1. The van der Waals surface area contributed by atoms with E-state index in [1.807, 2.05) is 18.2 Å². The summed E-state index contributed by atoms with van der Waals surface area (Å²) in [5.74, 6) is 0.430. The lowest BCUT2D eigenvalue weighted by Crippen LogP contribution is -2.44. The fourth-order valence-corrected chi connectivity index (χ4v) is 2.61. The summed E-state index contributed by atoms with van der Waals surface area (Å²) in [6.45, 7) is 4.98. The zero-order chi connectivity index (χ0) is 14.4. The second-order valence-corrected chi connectivity index (χ2v) is 5.62. The molecule has 1 aliphatic rings. The zero-order valence-corrected chi connectivity index (χ0v) is 12.4. The minimum absolute atomic E-state index is 0.0962. The fraction of sp³-hybridized carbons (Fsp3) is 0.562. The lowest BCUT2D eigenvalue weighted by molar-refractivity contribution is -0.122. The van der Waals surface area contributed by atoms with Crippen LogP contribution >= 0.6 is 0 Å². The molecule has 1 saturated heterocycles. The highest BCUT2D eigenvalue weighted by Gasteiger charge is 2.28. The van der Waals surface area contributed by atoms with Gasteiger partial charge in [0, 0.05) is 12.6 Å². The van der Waals surface area contributed by atoms with Gasteiger partial charge in [0.1, 0.15) is 6.04 Å². The average Bonchev–Trinajstić information content (AvgIpc) is 2.94. The van der Waals surface area contributed by atoms with Crippen molar-refractivity contribution < 1.29 is 4.79 Å². The van der Waals surface area contributed by atoms with Crippen molar-refractivity contribution in [2.24, 2.45) is 0 Å². The Kier molecular flexibility index (Phi) is 5.56. The topological polar surface area (TPSA) is 53.2 Å². The SMILES string of the molecule is CCCC1CC(C(=O)NCC(C)c2ccccc2)NN1. The number of hydrogen-bond acceptors (Lipinski definition) is 3. The number of rotatable bonds is 6. The third kappa shape index (κ3) is 4.05. The molecular weight excluding hydrogens is 250 g/mol. The van der Waals surface area contributed by atoms with Gasteiger partial charge in [0.05, 0.1) is 0 Å². The predicted octanol–water partition coefficient (Wildman–Crippen LogP) is 1.94. The summed E-state index contributed by atoms with van der Waals surface area (Å²) >= 11 is 0. The highest BCUT2D eigenvalue weighted by Crippen LogP contribution is 2.14. The number of carbonyl (C=O) groups excluding carboxylic acids is 1.